The van der Waals surface area contributed by atoms with Crippen molar-refractivity contribution in [3.05, 3.63) is 65.7 Å². The predicted octanol–water partition coefficient (Wildman–Crippen LogP) is 1.25. The van der Waals surface area contributed by atoms with Gasteiger partial charge in [-0.1, -0.05) is 30.3 Å². The van der Waals surface area contributed by atoms with Gasteiger partial charge in [0, 0.05) is 32.7 Å². The summed E-state index contributed by atoms with van der Waals surface area (Å²) in [5.74, 6) is -0.542. The summed E-state index contributed by atoms with van der Waals surface area (Å²) in [4.78, 5) is 27.1. The fraction of sp³-hybridized carbons (Fsp3) is 0.263. The number of rotatable bonds is 4. The van der Waals surface area contributed by atoms with Gasteiger partial charge in [-0.3, -0.25) is 9.59 Å². The molecule has 1 N–H and O–H groups in total. The molecule has 1 aliphatic rings. The molecule has 27 heavy (non-hydrogen) atoms. The zero-order valence-electron chi connectivity index (χ0n) is 15.1. The highest BCUT2D eigenvalue weighted by Crippen LogP contribution is 2.25. The highest BCUT2D eigenvalue weighted by Gasteiger charge is 2.34. The summed E-state index contributed by atoms with van der Waals surface area (Å²) >= 11 is 0. The third-order valence-corrected chi connectivity index (χ3v) is 6.30. The SMILES string of the molecule is CN(C)S(=O)(=O)c1ccc(C(=O)N2CCNC(=O)C2c2ccccc2)cc1. The molecule has 2 aromatic carbocycles. The Hall–Kier alpha value is -2.71. The predicted molar refractivity (Wildman–Crippen MR) is 101 cm³/mol. The van der Waals surface area contributed by atoms with Crippen molar-refractivity contribution in [2.45, 2.75) is 10.9 Å². The van der Waals surface area contributed by atoms with Gasteiger partial charge in [0.1, 0.15) is 6.04 Å². The van der Waals surface area contributed by atoms with Gasteiger partial charge in [-0.05, 0) is 29.8 Å². The van der Waals surface area contributed by atoms with E-state index in [4.69, 9.17) is 0 Å². The van der Waals surface area contributed by atoms with Gasteiger partial charge in [0.15, 0.2) is 0 Å². The minimum atomic E-state index is -3.56. The van der Waals surface area contributed by atoms with Gasteiger partial charge < -0.3 is 10.2 Å². The van der Waals surface area contributed by atoms with Crippen LogP contribution in [0.4, 0.5) is 0 Å². The molecule has 1 saturated heterocycles. The van der Waals surface area contributed by atoms with E-state index in [1.165, 1.54) is 43.3 Å². The minimum absolute atomic E-state index is 0.111. The van der Waals surface area contributed by atoms with E-state index >= 15 is 0 Å². The van der Waals surface area contributed by atoms with Crippen molar-refractivity contribution in [2.75, 3.05) is 27.2 Å². The first-order chi connectivity index (χ1) is 12.8. The maximum atomic E-state index is 13.0. The van der Waals surface area contributed by atoms with Gasteiger partial charge in [0.25, 0.3) is 5.91 Å². The standard InChI is InChI=1S/C19H21N3O4S/c1-21(2)27(25,26)16-10-8-15(9-11-16)19(24)22-13-12-20-18(23)17(22)14-6-4-3-5-7-14/h3-11,17H,12-13H2,1-2H3,(H,20,23). The molecule has 0 radical (unpaired) electrons. The third kappa shape index (κ3) is 3.72. The molecule has 1 heterocycles. The molecule has 7 nitrogen and oxygen atoms in total. The first-order valence-corrected chi connectivity index (χ1v) is 9.92. The van der Waals surface area contributed by atoms with Crippen LogP contribution in [0.5, 0.6) is 0 Å². The topological polar surface area (TPSA) is 86.8 Å². The average Bonchev–Trinajstić information content (AvgIpc) is 2.68. The van der Waals surface area contributed by atoms with E-state index < -0.39 is 16.1 Å². The molecule has 0 saturated carbocycles. The Labute approximate surface area is 158 Å². The Morgan fingerprint density at radius 1 is 1.07 bits per heavy atom. The van der Waals surface area contributed by atoms with Gasteiger partial charge in [-0.2, -0.15) is 0 Å². The lowest BCUT2D eigenvalue weighted by molar-refractivity contribution is -0.128. The normalized spacial score (nSPS) is 17.7. The quantitative estimate of drug-likeness (QED) is 0.855. The van der Waals surface area contributed by atoms with Crippen LogP contribution in [0.2, 0.25) is 0 Å². The van der Waals surface area contributed by atoms with Crippen molar-refractivity contribution in [3.63, 3.8) is 0 Å². The number of piperazine rings is 1. The van der Waals surface area contributed by atoms with E-state index in [0.29, 0.717) is 18.7 Å². The Bertz CT molecular complexity index is 941. The minimum Gasteiger partial charge on any atom is -0.352 e. The van der Waals surface area contributed by atoms with Gasteiger partial charge in [0.05, 0.1) is 4.90 Å². The smallest absolute Gasteiger partial charge is 0.254 e. The lowest BCUT2D eigenvalue weighted by atomic mass is 10.0. The first kappa shape index (κ1) is 19.1. The first-order valence-electron chi connectivity index (χ1n) is 8.48. The summed E-state index contributed by atoms with van der Waals surface area (Å²) in [7, 11) is -0.663. The van der Waals surface area contributed by atoms with Crippen molar-refractivity contribution in [2.24, 2.45) is 0 Å². The number of carbonyl (C=O) groups excluding carboxylic acids is 2. The monoisotopic (exact) mass is 387 g/mol. The molecule has 2 aromatic rings. The Balaban J connectivity index is 1.91. The number of carbonyl (C=O) groups is 2. The second kappa shape index (κ2) is 7.50. The molecule has 2 amide bonds. The largest absolute Gasteiger partial charge is 0.352 e. The number of amides is 2. The fourth-order valence-electron chi connectivity index (χ4n) is 3.00. The maximum absolute atomic E-state index is 13.0. The number of nitrogens with one attached hydrogen (secondary N) is 1. The fourth-order valence-corrected chi connectivity index (χ4v) is 3.90. The molecule has 8 heteroatoms. The van der Waals surface area contributed by atoms with Gasteiger partial charge in [-0.25, -0.2) is 12.7 Å². The van der Waals surface area contributed by atoms with E-state index in [9.17, 15) is 18.0 Å². The van der Waals surface area contributed by atoms with Crippen molar-refractivity contribution >= 4 is 21.8 Å². The van der Waals surface area contributed by atoms with E-state index in [2.05, 4.69) is 5.32 Å². The van der Waals surface area contributed by atoms with E-state index in [-0.39, 0.29) is 16.7 Å². The molecule has 0 aliphatic carbocycles. The van der Waals surface area contributed by atoms with E-state index in [1.807, 2.05) is 30.3 Å². The number of hydrogen-bond donors (Lipinski definition) is 1. The molecular weight excluding hydrogens is 366 g/mol. The number of hydrogen-bond acceptors (Lipinski definition) is 4. The molecule has 1 aliphatic heterocycles. The van der Waals surface area contributed by atoms with Crippen LogP contribution in [0.15, 0.2) is 59.5 Å². The Kier molecular flexibility index (Phi) is 5.29. The summed E-state index contributed by atoms with van der Waals surface area (Å²) in [5, 5.41) is 2.79. The molecule has 1 atom stereocenters. The zero-order valence-corrected chi connectivity index (χ0v) is 15.9. The van der Waals surface area contributed by atoms with Gasteiger partial charge in [0.2, 0.25) is 15.9 Å². The highest BCUT2D eigenvalue weighted by atomic mass is 32.2. The molecule has 142 valence electrons. The van der Waals surface area contributed by atoms with Crippen LogP contribution in [0.1, 0.15) is 22.0 Å². The van der Waals surface area contributed by atoms with Gasteiger partial charge >= 0.3 is 0 Å². The van der Waals surface area contributed by atoms with Crippen LogP contribution in [0.3, 0.4) is 0 Å². The van der Waals surface area contributed by atoms with Crippen molar-refractivity contribution in [1.29, 1.82) is 0 Å². The molecule has 0 bridgehead atoms. The second-order valence-corrected chi connectivity index (χ2v) is 8.57. The third-order valence-electron chi connectivity index (χ3n) is 4.47. The lowest BCUT2D eigenvalue weighted by Gasteiger charge is -2.35. The lowest BCUT2D eigenvalue weighted by Crippen LogP contribution is -2.52. The van der Waals surface area contributed by atoms with E-state index in [1.54, 1.807) is 0 Å². The van der Waals surface area contributed by atoms with Crippen molar-refractivity contribution in [3.8, 4) is 0 Å². The number of benzene rings is 2. The Morgan fingerprint density at radius 3 is 2.30 bits per heavy atom. The van der Waals surface area contributed by atoms with E-state index in [0.717, 1.165) is 9.87 Å². The molecule has 0 spiro atoms. The van der Waals surface area contributed by atoms with Crippen molar-refractivity contribution in [1.82, 2.24) is 14.5 Å². The number of nitrogens with zero attached hydrogens (tertiary/aromatic N) is 2. The van der Waals surface area contributed by atoms with Gasteiger partial charge in [-0.15, -0.1) is 0 Å². The molecule has 0 aromatic heterocycles. The van der Waals surface area contributed by atoms with Crippen LogP contribution in [0, 0.1) is 0 Å². The summed E-state index contributed by atoms with van der Waals surface area (Å²) in [5.41, 5.74) is 1.07. The molecule has 3 rings (SSSR count). The summed E-state index contributed by atoms with van der Waals surface area (Å²) in [6.45, 7) is 0.753. The average molecular weight is 387 g/mol. The van der Waals surface area contributed by atoms with Crippen LogP contribution in [0.25, 0.3) is 0 Å². The molecule has 1 unspecified atom stereocenters. The van der Waals surface area contributed by atoms with Crippen LogP contribution in [-0.4, -0.2) is 56.6 Å². The number of sulfonamides is 1. The highest BCUT2D eigenvalue weighted by molar-refractivity contribution is 7.89. The Morgan fingerprint density at radius 2 is 1.70 bits per heavy atom. The molecule has 1 fully saturated rings. The summed E-state index contributed by atoms with van der Waals surface area (Å²) in [6.07, 6.45) is 0. The van der Waals surface area contributed by atoms with Crippen LogP contribution < -0.4 is 5.32 Å². The summed E-state index contributed by atoms with van der Waals surface area (Å²) in [6, 6.07) is 14.2. The van der Waals surface area contributed by atoms with Crippen molar-refractivity contribution < 1.29 is 18.0 Å². The van der Waals surface area contributed by atoms with Crippen LogP contribution in [-0.2, 0) is 14.8 Å². The summed E-state index contributed by atoms with van der Waals surface area (Å²) < 4.78 is 25.5. The zero-order chi connectivity index (χ0) is 19.6. The van der Waals surface area contributed by atoms with Crippen LogP contribution >= 0.6 is 0 Å². The second-order valence-electron chi connectivity index (χ2n) is 6.41. The molecular formula is C19H21N3O4S. The maximum Gasteiger partial charge on any atom is 0.254 e.